The van der Waals surface area contributed by atoms with E-state index in [0.29, 0.717) is 12.0 Å². The van der Waals surface area contributed by atoms with Gasteiger partial charge in [-0.05, 0) is 86.4 Å². The van der Waals surface area contributed by atoms with Crippen molar-refractivity contribution >= 4 is 11.6 Å². The average Bonchev–Trinajstić information content (AvgIpc) is 3.55. The Bertz CT molecular complexity index is 1180. The number of rotatable bonds is 3. The molecule has 3 saturated heterocycles. The van der Waals surface area contributed by atoms with E-state index in [0.717, 1.165) is 55.9 Å². The van der Waals surface area contributed by atoms with Crippen LogP contribution in [-0.2, 0) is 16.6 Å². The van der Waals surface area contributed by atoms with Gasteiger partial charge in [0.05, 0.1) is 11.7 Å². The van der Waals surface area contributed by atoms with Crippen LogP contribution < -0.4 is 5.73 Å². The van der Waals surface area contributed by atoms with Crippen molar-refractivity contribution in [3.05, 3.63) is 65.2 Å². The summed E-state index contributed by atoms with van der Waals surface area (Å²) in [6.07, 6.45) is 7.18. The second-order valence-corrected chi connectivity index (χ2v) is 11.8. The van der Waals surface area contributed by atoms with E-state index in [1.54, 1.807) is 0 Å². The topological polar surface area (TPSA) is 58.8 Å². The lowest BCUT2D eigenvalue weighted by molar-refractivity contribution is -0.170. The molecule has 0 aromatic heterocycles. The Labute approximate surface area is 201 Å². The quantitative estimate of drug-likeness (QED) is 0.719. The summed E-state index contributed by atoms with van der Waals surface area (Å²) < 4.78 is 7.29. The molecule has 4 bridgehead atoms. The summed E-state index contributed by atoms with van der Waals surface area (Å²) in [5, 5.41) is 0. The van der Waals surface area contributed by atoms with Gasteiger partial charge in [0.15, 0.2) is 0 Å². The summed E-state index contributed by atoms with van der Waals surface area (Å²) in [6, 6.07) is 17.1. The molecule has 2 aromatic carbocycles. The van der Waals surface area contributed by atoms with Gasteiger partial charge >= 0.3 is 0 Å². The van der Waals surface area contributed by atoms with Crippen LogP contribution in [0.15, 0.2) is 48.5 Å². The van der Waals surface area contributed by atoms with Crippen molar-refractivity contribution in [2.75, 3.05) is 25.4 Å². The van der Waals surface area contributed by atoms with Gasteiger partial charge in [0, 0.05) is 47.8 Å². The van der Waals surface area contributed by atoms with Crippen LogP contribution in [-0.4, -0.2) is 59.1 Å². The molecule has 3 aliphatic heterocycles. The third-order valence-corrected chi connectivity index (χ3v) is 10.4. The summed E-state index contributed by atoms with van der Waals surface area (Å²) in [5.41, 5.74) is 10.8. The molecule has 3 heterocycles. The number of amides is 1. The van der Waals surface area contributed by atoms with Gasteiger partial charge in [0.25, 0.3) is 5.91 Å². The van der Waals surface area contributed by atoms with Gasteiger partial charge in [-0.25, -0.2) is 0 Å². The normalized spacial score (nSPS) is 39.6. The second kappa shape index (κ2) is 6.64. The predicted molar refractivity (Wildman–Crippen MR) is 131 cm³/mol. The standard InChI is InChI=1S/C29H33N3O2/c30-21-9-8-20-14-25-29-11-10-23-26(24(34-29)17-32(23)27(33)19-4-2-1-3-5-19)28(29,22(20)15-21)12-13-31(25)16-18-6-7-18/h1-5,8-9,15,18,23-26H,6-7,10-14,16-17,30H2/t23?,24-,25-,26?,28+,29-/m1/s1. The van der Waals surface area contributed by atoms with E-state index < -0.39 is 0 Å². The Morgan fingerprint density at radius 3 is 2.76 bits per heavy atom. The molecule has 6 aliphatic rings. The van der Waals surface area contributed by atoms with E-state index in [2.05, 4.69) is 28.0 Å². The molecule has 5 heteroatoms. The Balaban J connectivity index is 1.25. The highest BCUT2D eigenvalue weighted by molar-refractivity contribution is 5.94. The van der Waals surface area contributed by atoms with Crippen molar-refractivity contribution in [1.82, 2.24) is 9.80 Å². The van der Waals surface area contributed by atoms with Crippen molar-refractivity contribution in [3.63, 3.8) is 0 Å². The number of benzene rings is 2. The zero-order valence-corrected chi connectivity index (χ0v) is 19.7. The maximum atomic E-state index is 13.6. The summed E-state index contributed by atoms with van der Waals surface area (Å²) in [5.74, 6) is 1.41. The van der Waals surface area contributed by atoms with Crippen LogP contribution in [0.25, 0.3) is 0 Å². The number of carbonyl (C=O) groups is 1. The van der Waals surface area contributed by atoms with Crippen molar-refractivity contribution in [1.29, 1.82) is 0 Å². The number of piperidine rings is 1. The molecule has 5 nitrogen and oxygen atoms in total. The van der Waals surface area contributed by atoms with Crippen LogP contribution in [0.1, 0.15) is 53.6 Å². The van der Waals surface area contributed by atoms with E-state index in [-0.39, 0.29) is 29.1 Å². The minimum atomic E-state index is -0.130. The molecule has 2 saturated carbocycles. The highest BCUT2D eigenvalue weighted by Crippen LogP contribution is 2.69. The molecule has 176 valence electrons. The zero-order valence-electron chi connectivity index (χ0n) is 19.7. The van der Waals surface area contributed by atoms with Crippen molar-refractivity contribution in [2.45, 2.75) is 67.7 Å². The number of nitrogens with zero attached hydrogens (tertiary/aromatic N) is 2. The monoisotopic (exact) mass is 455 g/mol. The fourth-order valence-corrected chi connectivity index (χ4v) is 9.03. The average molecular weight is 456 g/mol. The van der Waals surface area contributed by atoms with Crippen LogP contribution in [0.3, 0.4) is 0 Å². The van der Waals surface area contributed by atoms with E-state index in [4.69, 9.17) is 10.5 Å². The van der Waals surface area contributed by atoms with Crippen molar-refractivity contribution in [3.8, 4) is 0 Å². The minimum Gasteiger partial charge on any atom is -0.399 e. The molecule has 2 aromatic rings. The number of nitrogen functional groups attached to an aromatic ring is 1. The summed E-state index contributed by atoms with van der Waals surface area (Å²) >= 11 is 0. The first-order valence-corrected chi connectivity index (χ1v) is 13.3. The van der Waals surface area contributed by atoms with Gasteiger partial charge in [-0.3, -0.25) is 9.69 Å². The number of anilines is 1. The number of fused-ring (bicyclic) bond motifs is 1. The molecular weight excluding hydrogens is 422 g/mol. The van der Waals surface area contributed by atoms with E-state index in [1.807, 2.05) is 30.3 Å². The Hall–Kier alpha value is -2.37. The highest BCUT2D eigenvalue weighted by Gasteiger charge is 2.78. The van der Waals surface area contributed by atoms with Crippen LogP contribution in [0.5, 0.6) is 0 Å². The number of ether oxygens (including phenoxy) is 1. The Kier molecular flexibility index (Phi) is 3.88. The molecule has 8 rings (SSSR count). The first kappa shape index (κ1) is 19.9. The first-order valence-electron chi connectivity index (χ1n) is 13.3. The maximum absolute atomic E-state index is 13.6. The fourth-order valence-electron chi connectivity index (χ4n) is 9.03. The Morgan fingerprint density at radius 2 is 1.94 bits per heavy atom. The lowest BCUT2D eigenvalue weighted by atomic mass is 9.46. The highest BCUT2D eigenvalue weighted by atomic mass is 16.5. The summed E-state index contributed by atoms with van der Waals surface area (Å²) in [4.78, 5) is 18.6. The molecule has 0 radical (unpaired) electrons. The first-order chi connectivity index (χ1) is 16.6. The molecule has 34 heavy (non-hydrogen) atoms. The van der Waals surface area contributed by atoms with Crippen molar-refractivity contribution < 1.29 is 9.53 Å². The molecule has 1 amide bonds. The number of likely N-dealkylation sites (tertiary alicyclic amines) is 2. The number of hydrogen-bond acceptors (Lipinski definition) is 4. The molecule has 3 aliphatic carbocycles. The molecule has 0 spiro atoms. The van der Waals surface area contributed by atoms with E-state index in [1.165, 1.54) is 30.5 Å². The zero-order chi connectivity index (χ0) is 22.7. The van der Waals surface area contributed by atoms with Crippen LogP contribution in [0.2, 0.25) is 0 Å². The molecule has 2 unspecified atom stereocenters. The number of carbonyl (C=O) groups excluding carboxylic acids is 1. The molecule has 6 atom stereocenters. The van der Waals surface area contributed by atoms with Gasteiger partial charge in [0.2, 0.25) is 0 Å². The second-order valence-electron chi connectivity index (χ2n) is 11.8. The van der Waals surface area contributed by atoms with Gasteiger partial charge in [-0.2, -0.15) is 0 Å². The summed E-state index contributed by atoms with van der Waals surface area (Å²) in [7, 11) is 0. The number of nitrogens with two attached hydrogens (primary N) is 1. The van der Waals surface area contributed by atoms with Crippen LogP contribution >= 0.6 is 0 Å². The van der Waals surface area contributed by atoms with Gasteiger partial charge in [0.1, 0.15) is 0 Å². The molecular formula is C29H33N3O2. The smallest absolute Gasteiger partial charge is 0.254 e. The van der Waals surface area contributed by atoms with E-state index >= 15 is 0 Å². The summed E-state index contributed by atoms with van der Waals surface area (Å²) in [6.45, 7) is 3.09. The van der Waals surface area contributed by atoms with Crippen LogP contribution in [0.4, 0.5) is 5.69 Å². The van der Waals surface area contributed by atoms with Gasteiger partial charge in [-0.1, -0.05) is 24.3 Å². The third-order valence-electron chi connectivity index (χ3n) is 10.4. The third kappa shape index (κ3) is 2.35. The van der Waals surface area contributed by atoms with Gasteiger partial charge < -0.3 is 15.4 Å². The number of hydrogen-bond donors (Lipinski definition) is 1. The lowest BCUT2D eigenvalue weighted by Gasteiger charge is -2.64. The Morgan fingerprint density at radius 1 is 1.09 bits per heavy atom. The van der Waals surface area contributed by atoms with Gasteiger partial charge in [-0.15, -0.1) is 0 Å². The largest absolute Gasteiger partial charge is 0.399 e. The SMILES string of the molecule is Nc1ccc2c(c1)[C@]13CCN(CC4CC4)[C@H](C2)[C@]12CCC1C3[C@@H](CN1C(=O)c1ccccc1)O2. The maximum Gasteiger partial charge on any atom is 0.254 e. The van der Waals surface area contributed by atoms with Crippen molar-refractivity contribution in [2.24, 2.45) is 11.8 Å². The minimum absolute atomic E-state index is 0.0278. The van der Waals surface area contributed by atoms with E-state index in [9.17, 15) is 4.79 Å². The predicted octanol–water partition coefficient (Wildman–Crippen LogP) is 3.62. The fraction of sp³-hybridized carbons (Fsp3) is 0.552. The lowest BCUT2D eigenvalue weighted by Crippen LogP contribution is -2.74. The molecule has 2 N–H and O–H groups in total. The van der Waals surface area contributed by atoms with Crippen LogP contribution in [0, 0.1) is 11.8 Å². The molecule has 5 fully saturated rings.